The molecule has 1 aliphatic heterocycles. The van der Waals surface area contributed by atoms with Gasteiger partial charge in [0.2, 0.25) is 29.5 Å². The van der Waals surface area contributed by atoms with Gasteiger partial charge in [-0.15, -0.1) is 11.6 Å². The third-order valence-corrected chi connectivity index (χ3v) is 10.8. The summed E-state index contributed by atoms with van der Waals surface area (Å²) in [5.41, 5.74) is 9.65. The standard InChI is InChI=1S/C43H53ClN8O6/c1-28-17-19-30(20-18-28)26-48-39(54)34(15-10-21-46-43(45)58)49-40(55)35(24-31-27-47-33-14-7-6-13-32(31)33)50-41(56)36-16-8-9-22-52(36)42(57)37(51(2)38(53)25-44)23-29-11-4-3-5-12-29/h3-7,11-14,17-20,27,34-37,47H,8-10,15-16,21-26H2,1-2H3,(H,48,54)(H,49,55)(H,50,56)(H3,45,46,58)/t34-,35-,36-,37-/m0/s1. The lowest BCUT2D eigenvalue weighted by molar-refractivity contribution is -0.150. The van der Waals surface area contributed by atoms with Gasteiger partial charge in [0.1, 0.15) is 30.0 Å². The minimum atomic E-state index is -1.15. The Balaban J connectivity index is 1.39. The van der Waals surface area contributed by atoms with Crippen molar-refractivity contribution in [3.63, 3.8) is 0 Å². The second-order valence-corrected chi connectivity index (χ2v) is 15.0. The molecule has 14 nitrogen and oxygen atoms in total. The summed E-state index contributed by atoms with van der Waals surface area (Å²) < 4.78 is 0. The number of nitrogens with two attached hydrogens (primary N) is 1. The lowest BCUT2D eigenvalue weighted by atomic mass is 9.96. The number of likely N-dealkylation sites (tertiary alicyclic amines) is 1. The number of likely N-dealkylation sites (N-methyl/N-ethyl adjacent to an activating group) is 1. The zero-order valence-electron chi connectivity index (χ0n) is 33.0. The third-order valence-electron chi connectivity index (χ3n) is 10.5. The summed E-state index contributed by atoms with van der Waals surface area (Å²) >= 11 is 5.93. The molecule has 15 heteroatoms. The van der Waals surface area contributed by atoms with E-state index in [1.165, 1.54) is 16.8 Å². The van der Waals surface area contributed by atoms with Gasteiger partial charge in [-0.2, -0.15) is 0 Å². The number of hydrogen-bond donors (Lipinski definition) is 6. The number of aryl methyl sites for hydroxylation is 1. The molecule has 1 aliphatic rings. The molecule has 4 atom stereocenters. The average molecular weight is 813 g/mol. The van der Waals surface area contributed by atoms with E-state index in [-0.39, 0.29) is 44.8 Å². The molecule has 2 heterocycles. The molecule has 58 heavy (non-hydrogen) atoms. The Labute approximate surface area is 343 Å². The Morgan fingerprint density at radius 2 is 1.59 bits per heavy atom. The fourth-order valence-electron chi connectivity index (χ4n) is 7.23. The first kappa shape index (κ1) is 43.2. The zero-order valence-corrected chi connectivity index (χ0v) is 33.7. The highest BCUT2D eigenvalue weighted by atomic mass is 35.5. The van der Waals surface area contributed by atoms with Crippen LogP contribution in [-0.4, -0.2) is 101 Å². The normalized spacial score (nSPS) is 15.4. The summed E-state index contributed by atoms with van der Waals surface area (Å²) in [6, 6.07) is 19.9. The van der Waals surface area contributed by atoms with Crippen LogP contribution in [0.1, 0.15) is 54.4 Å². The maximum Gasteiger partial charge on any atom is 0.312 e. The number of rotatable bonds is 18. The number of halogens is 1. The quantitative estimate of drug-likeness (QED) is 0.0657. The number of aromatic nitrogens is 1. The van der Waals surface area contributed by atoms with Crippen LogP contribution in [0.5, 0.6) is 0 Å². The molecule has 5 rings (SSSR count). The highest BCUT2D eigenvalue weighted by Crippen LogP contribution is 2.23. The van der Waals surface area contributed by atoms with Crippen molar-refractivity contribution in [3.05, 3.63) is 107 Å². The summed E-state index contributed by atoms with van der Waals surface area (Å²) in [4.78, 5) is 87.1. The topological polar surface area (TPSA) is 199 Å². The zero-order chi connectivity index (χ0) is 41.6. The molecule has 1 saturated heterocycles. The largest absolute Gasteiger partial charge is 0.361 e. The number of carbonyl (C=O) groups excluding carboxylic acids is 6. The smallest absolute Gasteiger partial charge is 0.312 e. The monoisotopic (exact) mass is 812 g/mol. The van der Waals surface area contributed by atoms with E-state index in [9.17, 15) is 28.8 Å². The fraction of sp³-hybridized carbons (Fsp3) is 0.395. The molecule has 0 spiro atoms. The number of nitrogens with one attached hydrogen (secondary N) is 5. The SMILES string of the molecule is Cc1ccc(CNC(=O)[C@H](CCCNC(N)=O)NC(=O)[C@H](Cc2c[nH]c3ccccc23)NC(=O)[C@@H]2CCCCN2C(=O)[C@H](Cc2ccccc2)N(C)C(=O)CCl)cc1. The van der Waals surface area contributed by atoms with Crippen molar-refractivity contribution in [2.24, 2.45) is 5.73 Å². The molecule has 0 radical (unpaired) electrons. The number of alkyl halides is 1. The number of nitrogens with zero attached hydrogens (tertiary/aromatic N) is 2. The molecule has 0 bridgehead atoms. The minimum Gasteiger partial charge on any atom is -0.361 e. The number of H-pyrrole nitrogens is 1. The maximum atomic E-state index is 14.4. The number of amides is 7. The Hall–Kier alpha value is -5.89. The van der Waals surface area contributed by atoms with Gasteiger partial charge in [-0.25, -0.2) is 4.79 Å². The predicted molar refractivity (Wildman–Crippen MR) is 222 cm³/mol. The van der Waals surface area contributed by atoms with E-state index in [1.807, 2.05) is 85.8 Å². The van der Waals surface area contributed by atoms with Crippen molar-refractivity contribution < 1.29 is 28.8 Å². The van der Waals surface area contributed by atoms with Gasteiger partial charge in [-0.05, 0) is 61.8 Å². The van der Waals surface area contributed by atoms with Gasteiger partial charge in [-0.1, -0.05) is 78.4 Å². The lowest BCUT2D eigenvalue weighted by Crippen LogP contribution is -2.61. The number of piperidine rings is 1. The van der Waals surface area contributed by atoms with Crippen molar-refractivity contribution in [2.45, 2.75) is 82.6 Å². The van der Waals surface area contributed by atoms with E-state index in [0.717, 1.165) is 33.2 Å². The van der Waals surface area contributed by atoms with Crippen molar-refractivity contribution in [1.82, 2.24) is 36.1 Å². The molecule has 7 N–H and O–H groups in total. The van der Waals surface area contributed by atoms with Crippen LogP contribution in [0.3, 0.4) is 0 Å². The van der Waals surface area contributed by atoms with Crippen LogP contribution >= 0.6 is 11.6 Å². The van der Waals surface area contributed by atoms with Crippen LogP contribution in [0.25, 0.3) is 10.9 Å². The van der Waals surface area contributed by atoms with Crippen molar-refractivity contribution >= 4 is 58.1 Å². The third kappa shape index (κ3) is 11.8. The van der Waals surface area contributed by atoms with Gasteiger partial charge in [0.05, 0.1) is 0 Å². The van der Waals surface area contributed by atoms with E-state index in [4.69, 9.17) is 17.3 Å². The number of fused-ring (bicyclic) bond motifs is 1. The number of primary amides is 1. The predicted octanol–water partition coefficient (Wildman–Crippen LogP) is 3.44. The summed E-state index contributed by atoms with van der Waals surface area (Å²) in [5, 5.41) is 12.1. The maximum absolute atomic E-state index is 14.4. The van der Waals surface area contributed by atoms with Crippen LogP contribution in [0, 0.1) is 6.92 Å². The molecular formula is C43H53ClN8O6. The molecule has 0 unspecified atom stereocenters. The van der Waals surface area contributed by atoms with Crippen LogP contribution < -0.4 is 27.0 Å². The Bertz CT molecular complexity index is 2040. The van der Waals surface area contributed by atoms with Crippen molar-refractivity contribution in [1.29, 1.82) is 0 Å². The number of carbonyl (C=O) groups is 6. The Morgan fingerprint density at radius 3 is 2.31 bits per heavy atom. The number of hydrogen-bond acceptors (Lipinski definition) is 6. The molecular weight excluding hydrogens is 760 g/mol. The molecule has 4 aromatic rings. The van der Waals surface area contributed by atoms with E-state index in [0.29, 0.717) is 25.7 Å². The Kier molecular flexibility index (Phi) is 15.7. The minimum absolute atomic E-state index is 0.0762. The molecule has 1 fully saturated rings. The van der Waals surface area contributed by atoms with E-state index >= 15 is 0 Å². The Morgan fingerprint density at radius 1 is 0.862 bits per heavy atom. The van der Waals surface area contributed by atoms with Crippen LogP contribution in [-0.2, 0) is 43.4 Å². The van der Waals surface area contributed by atoms with Gasteiger partial charge < -0.3 is 41.8 Å². The molecule has 308 valence electrons. The highest BCUT2D eigenvalue weighted by Gasteiger charge is 2.39. The lowest BCUT2D eigenvalue weighted by Gasteiger charge is -2.39. The molecule has 1 aromatic heterocycles. The van der Waals surface area contributed by atoms with Crippen LogP contribution in [0.4, 0.5) is 4.79 Å². The van der Waals surface area contributed by atoms with Gasteiger partial charge in [-0.3, -0.25) is 24.0 Å². The van der Waals surface area contributed by atoms with Crippen LogP contribution in [0.15, 0.2) is 85.1 Å². The number of para-hydroxylation sites is 1. The summed E-state index contributed by atoms with van der Waals surface area (Å²) in [7, 11) is 1.54. The van der Waals surface area contributed by atoms with Gasteiger partial charge >= 0.3 is 6.03 Å². The number of benzene rings is 3. The summed E-state index contributed by atoms with van der Waals surface area (Å²) in [6.45, 7) is 2.66. The van der Waals surface area contributed by atoms with E-state index in [1.54, 1.807) is 6.20 Å². The fourth-order valence-corrected chi connectivity index (χ4v) is 7.42. The summed E-state index contributed by atoms with van der Waals surface area (Å²) in [5.74, 6) is -2.68. The first-order chi connectivity index (χ1) is 27.9. The van der Waals surface area contributed by atoms with Gasteiger partial charge in [0, 0.05) is 56.6 Å². The van der Waals surface area contributed by atoms with Crippen LogP contribution in [0.2, 0.25) is 0 Å². The number of urea groups is 1. The van der Waals surface area contributed by atoms with Gasteiger partial charge in [0.25, 0.3) is 0 Å². The molecule has 0 aliphatic carbocycles. The molecule has 3 aromatic carbocycles. The first-order valence-corrected chi connectivity index (χ1v) is 20.2. The summed E-state index contributed by atoms with van der Waals surface area (Å²) in [6.07, 6.45) is 4.25. The first-order valence-electron chi connectivity index (χ1n) is 19.6. The number of aromatic amines is 1. The average Bonchev–Trinajstić information content (AvgIpc) is 3.65. The molecule has 7 amide bonds. The highest BCUT2D eigenvalue weighted by molar-refractivity contribution is 6.27. The van der Waals surface area contributed by atoms with E-state index < -0.39 is 59.7 Å². The van der Waals surface area contributed by atoms with E-state index in [2.05, 4.69) is 26.3 Å². The molecule has 0 saturated carbocycles. The second-order valence-electron chi connectivity index (χ2n) is 14.7. The second kappa shape index (κ2) is 21.0. The van der Waals surface area contributed by atoms with Crippen molar-refractivity contribution in [3.8, 4) is 0 Å². The van der Waals surface area contributed by atoms with Crippen molar-refractivity contribution in [2.75, 3.05) is 26.0 Å². The van der Waals surface area contributed by atoms with Gasteiger partial charge in [0.15, 0.2) is 0 Å².